The summed E-state index contributed by atoms with van der Waals surface area (Å²) in [6.07, 6.45) is 10.5. The Balaban J connectivity index is 1.52. The van der Waals surface area contributed by atoms with Crippen molar-refractivity contribution < 1.29 is 43.5 Å². The molecule has 2 aromatic carbocycles. The van der Waals surface area contributed by atoms with E-state index in [1.807, 2.05) is 61.8 Å². The van der Waals surface area contributed by atoms with E-state index in [-0.39, 0.29) is 30.0 Å². The normalized spacial score (nSPS) is 20.4. The van der Waals surface area contributed by atoms with Crippen LogP contribution >= 0.6 is 11.6 Å². The molecule has 282 valence electrons. The van der Waals surface area contributed by atoms with Gasteiger partial charge in [0.1, 0.15) is 6.54 Å². The Bertz CT molecular complexity index is 2280. The van der Waals surface area contributed by atoms with E-state index < -0.39 is 46.9 Å². The topological polar surface area (TPSA) is 169 Å². The van der Waals surface area contributed by atoms with Gasteiger partial charge in [-0.25, -0.2) is 0 Å². The smallest absolute Gasteiger partial charge is 0.294 e. The zero-order valence-electron chi connectivity index (χ0n) is 29.9. The largest absolute Gasteiger partial charge is 0.344 e. The van der Waals surface area contributed by atoms with E-state index >= 15 is 0 Å². The van der Waals surface area contributed by atoms with E-state index in [9.17, 15) is 38.9 Å². The first-order valence-electron chi connectivity index (χ1n) is 17.0. The van der Waals surface area contributed by atoms with E-state index in [1.54, 1.807) is 6.07 Å². The van der Waals surface area contributed by atoms with Crippen molar-refractivity contribution in [2.75, 3.05) is 29.5 Å². The molecule has 2 heterocycles. The second kappa shape index (κ2) is 14.6. The van der Waals surface area contributed by atoms with E-state index in [0.717, 1.165) is 52.2 Å². The van der Waals surface area contributed by atoms with Gasteiger partial charge in [-0.3, -0.25) is 13.7 Å². The van der Waals surface area contributed by atoms with Gasteiger partial charge in [-0.1, -0.05) is 55.3 Å². The minimum absolute atomic E-state index is 0.114. The second-order valence-electron chi connectivity index (χ2n) is 14.7. The second-order valence-corrected chi connectivity index (χ2v) is 19.6. The zero-order chi connectivity index (χ0) is 38.4. The van der Waals surface area contributed by atoms with Gasteiger partial charge in [-0.15, -0.1) is 0 Å². The summed E-state index contributed by atoms with van der Waals surface area (Å²) >= 11 is 7.08. The van der Waals surface area contributed by atoms with Crippen molar-refractivity contribution in [2.24, 2.45) is 0 Å². The van der Waals surface area contributed by atoms with Crippen molar-refractivity contribution in [2.45, 2.75) is 82.4 Å². The highest BCUT2D eigenvalue weighted by atomic mass is 35.5. The predicted octanol–water partition coefficient (Wildman–Crippen LogP) is 7.01. The molecule has 0 aromatic heterocycles. The quantitative estimate of drug-likeness (QED) is 0.150. The van der Waals surface area contributed by atoms with Gasteiger partial charge in [0.15, 0.2) is 5.71 Å². The summed E-state index contributed by atoms with van der Waals surface area (Å²) in [5, 5.41) is 0.599. The Labute approximate surface area is 312 Å². The molecule has 5 rings (SSSR count). The molecule has 0 amide bonds. The lowest BCUT2D eigenvalue weighted by Gasteiger charge is -2.27. The van der Waals surface area contributed by atoms with Crippen molar-refractivity contribution in [1.29, 1.82) is 0 Å². The van der Waals surface area contributed by atoms with Crippen LogP contribution in [0.4, 0.5) is 11.4 Å². The van der Waals surface area contributed by atoms with Gasteiger partial charge in [-0.2, -0.15) is 29.8 Å². The summed E-state index contributed by atoms with van der Waals surface area (Å²) in [6.45, 7) is 10.8. The number of rotatable bonds is 12. The number of anilines is 1. The third-order valence-corrected chi connectivity index (χ3v) is 13.1. The number of nitrogens with zero attached hydrogens (tertiary/aromatic N) is 2. The first kappa shape index (κ1) is 40.1. The minimum atomic E-state index is -4.47. The minimum Gasteiger partial charge on any atom is -0.344 e. The van der Waals surface area contributed by atoms with Gasteiger partial charge in [-0.05, 0) is 87.4 Å². The number of allylic oxidation sites excluding steroid dienone is 8. The highest BCUT2D eigenvalue weighted by molar-refractivity contribution is 7.86. The molecule has 0 unspecified atom stereocenters. The molecular weight excluding hydrogens is 748 g/mol. The van der Waals surface area contributed by atoms with Crippen molar-refractivity contribution in [1.82, 2.24) is 0 Å². The zero-order valence-corrected chi connectivity index (χ0v) is 33.1. The first-order valence-corrected chi connectivity index (χ1v) is 22.1. The fraction of sp³-hybridized carbons (Fsp3) is 0.432. The maximum Gasteiger partial charge on any atom is 0.294 e. The third kappa shape index (κ3) is 8.64. The maximum atomic E-state index is 12.0. The Morgan fingerprint density at radius 1 is 0.827 bits per heavy atom. The number of fused-ring (bicyclic) bond motifs is 2. The molecule has 2 aromatic rings. The van der Waals surface area contributed by atoms with Gasteiger partial charge in [0.25, 0.3) is 30.4 Å². The van der Waals surface area contributed by atoms with Crippen LogP contribution in [0.2, 0.25) is 0 Å². The Morgan fingerprint density at radius 2 is 1.50 bits per heavy atom. The van der Waals surface area contributed by atoms with E-state index in [1.165, 1.54) is 12.1 Å². The highest BCUT2D eigenvalue weighted by Crippen LogP contribution is 2.48. The SMILES string of the molecule is Cc1ccc2c(c1)C(C)(C)/C(=C/C=C1\CCCC(/C=C/C3=[N+](CCCS(=O)(=O)O)c4ccc(S(=O)(=O)O)cc4C3(C)C)=C1Cl)N2CCCS(=O)(=O)O. The molecule has 0 spiro atoms. The van der Waals surface area contributed by atoms with E-state index in [2.05, 4.69) is 24.8 Å². The van der Waals surface area contributed by atoms with Crippen LogP contribution in [0.1, 0.15) is 76.5 Å². The van der Waals surface area contributed by atoms with E-state index in [4.69, 9.17) is 11.6 Å². The van der Waals surface area contributed by atoms with Crippen LogP contribution in [0.3, 0.4) is 0 Å². The van der Waals surface area contributed by atoms with Crippen molar-refractivity contribution in [3.63, 3.8) is 0 Å². The van der Waals surface area contributed by atoms with Gasteiger partial charge >= 0.3 is 0 Å². The number of hydrogen-bond donors (Lipinski definition) is 3. The molecular formula is C37H46ClN2O9S3+. The fourth-order valence-corrected chi connectivity index (χ4v) is 9.27. The standard InChI is InChI=1S/C37H45ClN2O9S3/c1-25-11-15-31-29(23-25)36(2,3)33(39(31)19-7-21-50(41,42)43)17-12-26-9-6-10-27(35(26)38)13-18-34-37(4,5)30-24-28(52(47,48)49)14-16-32(30)40(34)20-8-22-51(44,45)46/h11-18,23-24H,6-10,19-22H2,1-5H3,(H2-,41,42,43,44,45,46,47,48,49)/p+1. The predicted molar refractivity (Wildman–Crippen MR) is 205 cm³/mol. The third-order valence-electron chi connectivity index (χ3n) is 10.1. The Morgan fingerprint density at radius 3 is 2.15 bits per heavy atom. The number of benzene rings is 2. The molecule has 2 aliphatic heterocycles. The van der Waals surface area contributed by atoms with Crippen molar-refractivity contribution in [3.8, 4) is 0 Å². The van der Waals surface area contributed by atoms with Crippen molar-refractivity contribution in [3.05, 3.63) is 99.3 Å². The van der Waals surface area contributed by atoms with Crippen LogP contribution in [0.15, 0.2) is 87.5 Å². The molecule has 52 heavy (non-hydrogen) atoms. The lowest BCUT2D eigenvalue weighted by atomic mass is 9.81. The monoisotopic (exact) mass is 793 g/mol. The molecule has 0 atom stereocenters. The van der Waals surface area contributed by atoms with Crippen LogP contribution in [0.5, 0.6) is 0 Å². The first-order chi connectivity index (χ1) is 24.0. The number of aryl methyl sites for hydroxylation is 1. The summed E-state index contributed by atoms with van der Waals surface area (Å²) in [5.74, 6) is -0.788. The average Bonchev–Trinajstić information content (AvgIpc) is 3.36. The Hall–Kier alpha value is -3.11. The molecule has 3 aliphatic rings. The van der Waals surface area contributed by atoms with Crippen LogP contribution in [0, 0.1) is 6.92 Å². The van der Waals surface area contributed by atoms with Crippen LogP contribution in [0.25, 0.3) is 0 Å². The summed E-state index contributed by atoms with van der Waals surface area (Å²) < 4.78 is 100. The summed E-state index contributed by atoms with van der Waals surface area (Å²) in [4.78, 5) is 1.86. The molecule has 1 aliphatic carbocycles. The summed E-state index contributed by atoms with van der Waals surface area (Å²) in [5.41, 5.74) is 6.98. The Kier molecular flexibility index (Phi) is 11.3. The molecule has 0 bridgehead atoms. The molecule has 3 N–H and O–H groups in total. The molecule has 11 nitrogen and oxygen atoms in total. The van der Waals surface area contributed by atoms with Gasteiger partial charge in [0, 0.05) is 52.5 Å². The summed E-state index contributed by atoms with van der Waals surface area (Å²) in [7, 11) is -12.8. The van der Waals surface area contributed by atoms with Crippen LogP contribution in [-0.4, -0.2) is 73.8 Å². The highest BCUT2D eigenvalue weighted by Gasteiger charge is 2.45. The summed E-state index contributed by atoms with van der Waals surface area (Å²) in [6, 6.07) is 10.5. The fourth-order valence-electron chi connectivity index (χ4n) is 7.46. The lowest BCUT2D eigenvalue weighted by molar-refractivity contribution is -0.437. The molecule has 0 fully saturated rings. The molecule has 15 heteroatoms. The number of hydrogen-bond acceptors (Lipinski definition) is 7. The lowest BCUT2D eigenvalue weighted by Crippen LogP contribution is -2.28. The van der Waals surface area contributed by atoms with Gasteiger partial charge in [0.2, 0.25) is 5.69 Å². The van der Waals surface area contributed by atoms with E-state index in [0.29, 0.717) is 29.2 Å². The van der Waals surface area contributed by atoms with Gasteiger partial charge < -0.3 is 4.90 Å². The maximum absolute atomic E-state index is 12.0. The van der Waals surface area contributed by atoms with Gasteiger partial charge in [0.05, 0.1) is 21.8 Å². The van der Waals surface area contributed by atoms with Crippen LogP contribution in [-0.2, 0) is 41.2 Å². The molecule has 0 saturated carbocycles. The van der Waals surface area contributed by atoms with Crippen molar-refractivity contribution >= 4 is 59.0 Å². The molecule has 0 radical (unpaired) electrons. The average molecular weight is 794 g/mol. The van der Waals surface area contributed by atoms with Crippen LogP contribution < -0.4 is 4.90 Å². The number of halogens is 1. The molecule has 0 saturated heterocycles.